The summed E-state index contributed by atoms with van der Waals surface area (Å²) < 4.78 is 7.49. The highest BCUT2D eigenvalue weighted by molar-refractivity contribution is 5.96. The minimum absolute atomic E-state index is 0.0802. The van der Waals surface area contributed by atoms with Gasteiger partial charge in [0.25, 0.3) is 5.91 Å². The molecule has 1 amide bonds. The summed E-state index contributed by atoms with van der Waals surface area (Å²) in [4.78, 5) is 18.6. The summed E-state index contributed by atoms with van der Waals surface area (Å²) in [5, 5.41) is 5.20. The van der Waals surface area contributed by atoms with E-state index in [1.165, 1.54) is 0 Å². The summed E-state index contributed by atoms with van der Waals surface area (Å²) in [5.74, 6) is 0.718. The number of fused-ring (bicyclic) bond motifs is 1. The first kappa shape index (κ1) is 17.0. The Kier molecular flexibility index (Phi) is 4.97. The Hall–Kier alpha value is -2.89. The predicted molar refractivity (Wildman–Crippen MR) is 96.8 cm³/mol. The second kappa shape index (κ2) is 7.34. The number of pyridine rings is 1. The van der Waals surface area contributed by atoms with Crippen LogP contribution in [0.3, 0.4) is 0 Å². The number of rotatable bonds is 6. The first-order valence-corrected chi connectivity index (χ1v) is 8.33. The fourth-order valence-corrected chi connectivity index (χ4v) is 2.57. The molecule has 3 rings (SSSR count). The second-order valence-electron chi connectivity index (χ2n) is 6.21. The Morgan fingerprint density at radius 1 is 1.24 bits per heavy atom. The maximum Gasteiger partial charge on any atom is 0.255 e. The van der Waals surface area contributed by atoms with Gasteiger partial charge in [-0.1, -0.05) is 18.2 Å². The van der Waals surface area contributed by atoms with Crippen LogP contribution in [0.4, 0.5) is 0 Å². The van der Waals surface area contributed by atoms with Gasteiger partial charge in [0.05, 0.1) is 18.3 Å². The molecule has 0 aliphatic heterocycles. The van der Waals surface area contributed by atoms with Gasteiger partial charge >= 0.3 is 0 Å². The highest BCUT2D eigenvalue weighted by atomic mass is 16.5. The molecule has 0 saturated carbocycles. The Bertz CT molecular complexity index is 858. The Morgan fingerprint density at radius 3 is 2.72 bits per heavy atom. The van der Waals surface area contributed by atoms with Crippen LogP contribution in [0.25, 0.3) is 11.0 Å². The number of carbonyl (C=O) groups excluding carboxylic acids is 1. The Morgan fingerprint density at radius 2 is 2.00 bits per heavy atom. The van der Waals surface area contributed by atoms with Gasteiger partial charge in [-0.15, -0.1) is 0 Å². The number of amides is 1. The van der Waals surface area contributed by atoms with Crippen molar-refractivity contribution in [1.29, 1.82) is 0 Å². The highest BCUT2D eigenvalue weighted by Gasteiger charge is 2.15. The molecule has 25 heavy (non-hydrogen) atoms. The number of carbonyl (C=O) groups is 1. The predicted octanol–water partition coefficient (Wildman–Crippen LogP) is 3.16. The van der Waals surface area contributed by atoms with E-state index >= 15 is 0 Å². The summed E-state index contributed by atoms with van der Waals surface area (Å²) in [6, 6.07) is 11.6. The van der Waals surface area contributed by atoms with Crippen LogP contribution < -0.4 is 4.74 Å². The van der Waals surface area contributed by atoms with Crippen LogP contribution in [-0.2, 0) is 0 Å². The van der Waals surface area contributed by atoms with Gasteiger partial charge < -0.3 is 9.64 Å². The molecule has 0 N–H and O–H groups in total. The van der Waals surface area contributed by atoms with Crippen LogP contribution in [0.15, 0.2) is 48.8 Å². The van der Waals surface area contributed by atoms with E-state index in [0.29, 0.717) is 18.7 Å². The van der Waals surface area contributed by atoms with Crippen LogP contribution in [-0.4, -0.2) is 45.8 Å². The monoisotopic (exact) mass is 338 g/mol. The number of hydrogen-bond acceptors (Lipinski definition) is 4. The van der Waals surface area contributed by atoms with Gasteiger partial charge in [-0.25, -0.2) is 9.67 Å². The third-order valence-corrected chi connectivity index (χ3v) is 3.95. The third kappa shape index (κ3) is 3.79. The summed E-state index contributed by atoms with van der Waals surface area (Å²) in [6.07, 6.45) is 3.36. The lowest BCUT2D eigenvalue weighted by atomic mass is 10.2. The fraction of sp³-hybridized carbons (Fsp3) is 0.316. The van der Waals surface area contributed by atoms with Crippen molar-refractivity contribution in [2.24, 2.45) is 0 Å². The molecular formula is C19H22N4O2. The summed E-state index contributed by atoms with van der Waals surface area (Å²) >= 11 is 0. The molecule has 0 spiro atoms. The van der Waals surface area contributed by atoms with E-state index in [0.717, 1.165) is 16.8 Å². The number of para-hydroxylation sites is 1. The van der Waals surface area contributed by atoms with E-state index < -0.39 is 0 Å². The lowest BCUT2D eigenvalue weighted by Gasteiger charge is -2.17. The molecule has 1 aromatic carbocycles. The molecule has 0 unspecified atom stereocenters. The average Bonchev–Trinajstić information content (AvgIpc) is 3.05. The summed E-state index contributed by atoms with van der Waals surface area (Å²) in [7, 11) is 1.76. The normalized spacial score (nSPS) is 11.0. The van der Waals surface area contributed by atoms with E-state index in [9.17, 15) is 4.79 Å². The molecule has 3 aromatic rings. The van der Waals surface area contributed by atoms with Crippen molar-refractivity contribution in [3.63, 3.8) is 0 Å². The molecule has 130 valence electrons. The highest BCUT2D eigenvalue weighted by Crippen LogP contribution is 2.17. The molecule has 2 heterocycles. The zero-order chi connectivity index (χ0) is 17.8. The smallest absolute Gasteiger partial charge is 0.255 e. The van der Waals surface area contributed by atoms with Crippen LogP contribution in [0, 0.1) is 0 Å². The fourth-order valence-electron chi connectivity index (χ4n) is 2.57. The molecule has 0 fully saturated rings. The first-order chi connectivity index (χ1) is 12.1. The van der Waals surface area contributed by atoms with E-state index in [-0.39, 0.29) is 11.9 Å². The topological polar surface area (TPSA) is 60.2 Å². The van der Waals surface area contributed by atoms with Crippen molar-refractivity contribution in [3.8, 4) is 5.75 Å². The van der Waals surface area contributed by atoms with Crippen LogP contribution in [0.2, 0.25) is 0 Å². The van der Waals surface area contributed by atoms with Crippen molar-refractivity contribution in [2.75, 3.05) is 20.2 Å². The van der Waals surface area contributed by atoms with Crippen molar-refractivity contribution >= 4 is 16.9 Å². The largest absolute Gasteiger partial charge is 0.492 e. The minimum Gasteiger partial charge on any atom is -0.492 e. The standard InChI is InChI=1S/C19H22N4O2/c1-14(2)23-18-15(13-21-23)11-16(12-20-18)19(24)22(3)9-10-25-17-7-5-4-6-8-17/h4-8,11-14H,9-10H2,1-3H3. The molecular weight excluding hydrogens is 316 g/mol. The van der Waals surface area contributed by atoms with Gasteiger partial charge in [0.2, 0.25) is 0 Å². The molecule has 2 aromatic heterocycles. The SMILES string of the molecule is CC(C)n1ncc2cc(C(=O)N(C)CCOc3ccccc3)cnc21. The van der Waals surface area contributed by atoms with E-state index in [2.05, 4.69) is 10.1 Å². The molecule has 0 aliphatic carbocycles. The first-order valence-electron chi connectivity index (χ1n) is 8.33. The number of ether oxygens (including phenoxy) is 1. The maximum atomic E-state index is 12.6. The van der Waals surface area contributed by atoms with Crippen molar-refractivity contribution in [2.45, 2.75) is 19.9 Å². The Labute approximate surface area is 147 Å². The molecule has 0 bridgehead atoms. The van der Waals surface area contributed by atoms with Gasteiger partial charge in [0, 0.05) is 24.7 Å². The number of nitrogens with zero attached hydrogens (tertiary/aromatic N) is 4. The molecule has 0 atom stereocenters. The van der Waals surface area contributed by atoms with E-state index in [4.69, 9.17) is 4.74 Å². The third-order valence-electron chi connectivity index (χ3n) is 3.95. The second-order valence-corrected chi connectivity index (χ2v) is 6.21. The van der Waals surface area contributed by atoms with Crippen molar-refractivity contribution in [3.05, 3.63) is 54.4 Å². The van der Waals surface area contributed by atoms with Gasteiger partial charge in [-0.2, -0.15) is 5.10 Å². The van der Waals surface area contributed by atoms with Crippen LogP contribution in [0.5, 0.6) is 5.75 Å². The lowest BCUT2D eigenvalue weighted by molar-refractivity contribution is 0.0773. The quantitative estimate of drug-likeness (QED) is 0.693. The number of likely N-dealkylation sites (N-methyl/N-ethyl adjacent to an activating group) is 1. The zero-order valence-corrected chi connectivity index (χ0v) is 14.7. The lowest BCUT2D eigenvalue weighted by Crippen LogP contribution is -2.31. The number of hydrogen-bond donors (Lipinski definition) is 0. The number of aromatic nitrogens is 3. The van der Waals surface area contributed by atoms with Gasteiger partial charge in [0.15, 0.2) is 5.65 Å². The maximum absolute atomic E-state index is 12.6. The van der Waals surface area contributed by atoms with Crippen LogP contribution >= 0.6 is 0 Å². The molecule has 0 saturated heterocycles. The van der Waals surface area contributed by atoms with Crippen molar-refractivity contribution in [1.82, 2.24) is 19.7 Å². The van der Waals surface area contributed by atoms with Crippen molar-refractivity contribution < 1.29 is 9.53 Å². The van der Waals surface area contributed by atoms with Gasteiger partial charge in [-0.05, 0) is 32.0 Å². The molecule has 0 radical (unpaired) electrons. The Balaban J connectivity index is 1.64. The molecule has 6 nitrogen and oxygen atoms in total. The van der Waals surface area contributed by atoms with Crippen LogP contribution in [0.1, 0.15) is 30.2 Å². The summed E-state index contributed by atoms with van der Waals surface area (Å²) in [6.45, 7) is 5.03. The molecule has 0 aliphatic rings. The molecule has 6 heteroatoms. The van der Waals surface area contributed by atoms with Gasteiger partial charge in [0.1, 0.15) is 12.4 Å². The zero-order valence-electron chi connectivity index (χ0n) is 14.7. The van der Waals surface area contributed by atoms with E-state index in [1.807, 2.05) is 54.9 Å². The van der Waals surface area contributed by atoms with Gasteiger partial charge in [-0.3, -0.25) is 4.79 Å². The average molecular weight is 338 g/mol. The summed E-state index contributed by atoms with van der Waals surface area (Å²) in [5.41, 5.74) is 1.35. The van der Waals surface area contributed by atoms with E-state index in [1.54, 1.807) is 24.3 Å². The number of benzene rings is 1. The minimum atomic E-state index is -0.0802.